The number of aryl methyl sites for hydroxylation is 2. The summed E-state index contributed by atoms with van der Waals surface area (Å²) in [6.07, 6.45) is 1.81. The smallest absolute Gasteiger partial charge is 0.274 e. The van der Waals surface area contributed by atoms with E-state index in [1.165, 1.54) is 11.3 Å². The van der Waals surface area contributed by atoms with E-state index in [2.05, 4.69) is 0 Å². The monoisotopic (exact) mass is 480 g/mol. The number of ether oxygens (including phenoxy) is 1. The van der Waals surface area contributed by atoms with Crippen molar-refractivity contribution in [3.8, 4) is 5.75 Å². The maximum Gasteiger partial charge on any atom is 0.274 e. The normalized spacial score (nSPS) is 12.2. The lowest BCUT2D eigenvalue weighted by Gasteiger charge is -2.10. The van der Waals surface area contributed by atoms with E-state index in [0.29, 0.717) is 31.9 Å². The molecule has 32 heavy (non-hydrogen) atoms. The average molecular weight is 481 g/mol. The minimum absolute atomic E-state index is 0.104. The molecule has 0 atom stereocenters. The molecule has 3 aromatic carbocycles. The van der Waals surface area contributed by atoms with Gasteiger partial charge in [-0.1, -0.05) is 58.8 Å². The van der Waals surface area contributed by atoms with Crippen LogP contribution in [0.3, 0.4) is 0 Å². The molecule has 0 aliphatic heterocycles. The van der Waals surface area contributed by atoms with Crippen molar-refractivity contribution in [3.05, 3.63) is 102 Å². The SMILES string of the molecule is Cc1ccc2c(nc3s/c(=C/c4cc(Cl)ccc4OCc4ccccc4Cl)c(=O)n32)c1C. The van der Waals surface area contributed by atoms with E-state index in [1.807, 2.05) is 56.3 Å². The predicted octanol–water partition coefficient (Wildman–Crippen LogP) is 5.96. The van der Waals surface area contributed by atoms with Gasteiger partial charge in [0.2, 0.25) is 0 Å². The van der Waals surface area contributed by atoms with Crippen LogP contribution in [0.5, 0.6) is 5.75 Å². The van der Waals surface area contributed by atoms with Gasteiger partial charge in [-0.3, -0.25) is 4.79 Å². The second-order valence-corrected chi connectivity index (χ2v) is 9.44. The highest BCUT2D eigenvalue weighted by Crippen LogP contribution is 2.27. The Morgan fingerprint density at radius 1 is 1.09 bits per heavy atom. The van der Waals surface area contributed by atoms with Gasteiger partial charge >= 0.3 is 0 Å². The van der Waals surface area contributed by atoms with Gasteiger partial charge in [-0.15, -0.1) is 0 Å². The molecule has 0 N–H and O–H groups in total. The molecule has 7 heteroatoms. The summed E-state index contributed by atoms with van der Waals surface area (Å²) in [6, 6.07) is 16.9. The van der Waals surface area contributed by atoms with Crippen molar-refractivity contribution in [2.45, 2.75) is 20.5 Å². The molecule has 0 aliphatic carbocycles. The van der Waals surface area contributed by atoms with Crippen LogP contribution < -0.4 is 14.8 Å². The highest BCUT2D eigenvalue weighted by atomic mass is 35.5. The van der Waals surface area contributed by atoms with Crippen LogP contribution in [0.25, 0.3) is 22.1 Å². The zero-order valence-corrected chi connectivity index (χ0v) is 19.7. The van der Waals surface area contributed by atoms with Crippen molar-refractivity contribution < 1.29 is 4.74 Å². The number of benzene rings is 3. The van der Waals surface area contributed by atoms with Crippen LogP contribution in [-0.4, -0.2) is 9.38 Å². The van der Waals surface area contributed by atoms with Crippen molar-refractivity contribution in [1.82, 2.24) is 9.38 Å². The summed E-state index contributed by atoms with van der Waals surface area (Å²) in [5.41, 5.74) is 5.44. The first-order valence-electron chi connectivity index (χ1n) is 10.0. The second kappa shape index (κ2) is 8.24. The van der Waals surface area contributed by atoms with E-state index in [4.69, 9.17) is 32.9 Å². The predicted molar refractivity (Wildman–Crippen MR) is 132 cm³/mol. The Labute approximate surface area is 198 Å². The number of fused-ring (bicyclic) bond motifs is 3. The highest BCUT2D eigenvalue weighted by molar-refractivity contribution is 7.15. The van der Waals surface area contributed by atoms with Crippen LogP contribution in [0.4, 0.5) is 0 Å². The van der Waals surface area contributed by atoms with Gasteiger partial charge in [-0.05, 0) is 61.4 Å². The number of hydrogen-bond donors (Lipinski definition) is 0. The number of aromatic nitrogens is 2. The Balaban J connectivity index is 1.59. The van der Waals surface area contributed by atoms with Gasteiger partial charge in [0, 0.05) is 21.2 Å². The molecule has 5 aromatic rings. The van der Waals surface area contributed by atoms with Gasteiger partial charge in [0.15, 0.2) is 4.96 Å². The standard InChI is InChI=1S/C25H18Cl2N2O2S/c1-14-7-9-20-23(15(14)2)28-25-29(20)24(30)22(32-25)12-17-11-18(26)8-10-21(17)31-13-16-5-3-4-6-19(16)27/h3-12H,13H2,1-2H3/b22-12+. The number of imidazole rings is 1. The van der Waals surface area contributed by atoms with Gasteiger partial charge in [-0.25, -0.2) is 9.38 Å². The third-order valence-corrected chi connectivity index (χ3v) is 7.11. The van der Waals surface area contributed by atoms with Crippen LogP contribution in [-0.2, 0) is 6.61 Å². The van der Waals surface area contributed by atoms with E-state index in [9.17, 15) is 4.79 Å². The van der Waals surface area contributed by atoms with Crippen LogP contribution in [0.1, 0.15) is 22.3 Å². The molecule has 0 bridgehead atoms. The third kappa shape index (κ3) is 3.66. The van der Waals surface area contributed by atoms with Crippen LogP contribution in [0, 0.1) is 13.8 Å². The molecule has 2 aromatic heterocycles. The van der Waals surface area contributed by atoms with E-state index >= 15 is 0 Å². The zero-order chi connectivity index (χ0) is 22.4. The second-order valence-electron chi connectivity index (χ2n) is 7.58. The zero-order valence-electron chi connectivity index (χ0n) is 17.4. The quantitative estimate of drug-likeness (QED) is 0.318. The topological polar surface area (TPSA) is 43.6 Å². The Morgan fingerprint density at radius 2 is 1.91 bits per heavy atom. The number of rotatable bonds is 4. The maximum absolute atomic E-state index is 13.2. The van der Waals surface area contributed by atoms with E-state index in [-0.39, 0.29) is 5.56 Å². The van der Waals surface area contributed by atoms with Crippen molar-refractivity contribution >= 4 is 56.6 Å². The lowest BCUT2D eigenvalue weighted by atomic mass is 10.1. The number of nitrogens with zero attached hydrogens (tertiary/aromatic N) is 2. The Morgan fingerprint density at radius 3 is 2.72 bits per heavy atom. The summed E-state index contributed by atoms with van der Waals surface area (Å²) >= 11 is 13.8. The third-order valence-electron chi connectivity index (χ3n) is 5.53. The molecule has 4 nitrogen and oxygen atoms in total. The molecule has 0 unspecified atom stereocenters. The number of hydrogen-bond acceptors (Lipinski definition) is 4. The van der Waals surface area contributed by atoms with Gasteiger partial charge in [0.25, 0.3) is 5.56 Å². The molecule has 0 amide bonds. The number of thiazole rings is 1. The first kappa shape index (κ1) is 21.0. The minimum atomic E-state index is -0.104. The van der Waals surface area contributed by atoms with Gasteiger partial charge in [0.1, 0.15) is 12.4 Å². The molecule has 0 saturated carbocycles. The molecular formula is C25H18Cl2N2O2S. The molecule has 2 heterocycles. The van der Waals surface area contributed by atoms with E-state index in [1.54, 1.807) is 22.6 Å². The van der Waals surface area contributed by atoms with Crippen molar-refractivity contribution in [2.75, 3.05) is 0 Å². The first-order chi connectivity index (χ1) is 15.4. The first-order valence-corrected chi connectivity index (χ1v) is 11.6. The van der Waals surface area contributed by atoms with Crippen molar-refractivity contribution in [3.63, 3.8) is 0 Å². The molecule has 0 aliphatic rings. The summed E-state index contributed by atoms with van der Waals surface area (Å²) in [6.45, 7) is 4.38. The van der Waals surface area contributed by atoms with Crippen LogP contribution in [0.2, 0.25) is 10.0 Å². The Bertz CT molecular complexity index is 1600. The lowest BCUT2D eigenvalue weighted by Crippen LogP contribution is -2.22. The molecule has 5 rings (SSSR count). The molecule has 0 radical (unpaired) electrons. The van der Waals surface area contributed by atoms with Gasteiger partial charge in [0.05, 0.1) is 15.6 Å². The molecule has 160 valence electrons. The molecular weight excluding hydrogens is 463 g/mol. The number of halogens is 2. The van der Waals surface area contributed by atoms with E-state index < -0.39 is 0 Å². The van der Waals surface area contributed by atoms with Crippen molar-refractivity contribution in [1.29, 1.82) is 0 Å². The fourth-order valence-corrected chi connectivity index (χ4v) is 4.98. The fraction of sp³-hybridized carbons (Fsp3) is 0.120. The summed E-state index contributed by atoms with van der Waals surface area (Å²) in [4.78, 5) is 18.6. The lowest BCUT2D eigenvalue weighted by molar-refractivity contribution is 0.305. The van der Waals surface area contributed by atoms with Crippen LogP contribution >= 0.6 is 34.5 Å². The maximum atomic E-state index is 13.2. The average Bonchev–Trinajstić information content (AvgIpc) is 3.28. The minimum Gasteiger partial charge on any atom is -0.488 e. The van der Waals surface area contributed by atoms with Gasteiger partial charge in [-0.2, -0.15) is 0 Å². The summed E-state index contributed by atoms with van der Waals surface area (Å²) in [7, 11) is 0. The van der Waals surface area contributed by atoms with Gasteiger partial charge < -0.3 is 4.74 Å². The largest absolute Gasteiger partial charge is 0.488 e. The molecule has 0 saturated heterocycles. The summed E-state index contributed by atoms with van der Waals surface area (Å²) in [5, 5.41) is 1.21. The molecule has 0 spiro atoms. The summed E-state index contributed by atoms with van der Waals surface area (Å²) in [5.74, 6) is 0.621. The Hall–Kier alpha value is -2.86. The summed E-state index contributed by atoms with van der Waals surface area (Å²) < 4.78 is 8.27. The highest BCUT2D eigenvalue weighted by Gasteiger charge is 2.14. The van der Waals surface area contributed by atoms with Crippen molar-refractivity contribution in [2.24, 2.45) is 0 Å². The van der Waals surface area contributed by atoms with E-state index in [0.717, 1.165) is 33.3 Å². The fourth-order valence-electron chi connectivity index (χ4n) is 3.64. The molecule has 0 fully saturated rings. The van der Waals surface area contributed by atoms with Crippen LogP contribution in [0.15, 0.2) is 59.4 Å². The Kier molecular flexibility index (Phi) is 5.41.